The first-order valence-corrected chi connectivity index (χ1v) is 27.1. The van der Waals surface area contributed by atoms with Crippen LogP contribution in [0.15, 0.2) is 102 Å². The van der Waals surface area contributed by atoms with Gasteiger partial charge in [-0.25, -0.2) is 9.97 Å². The van der Waals surface area contributed by atoms with Crippen LogP contribution in [-0.2, 0) is 49.6 Å². The molecule has 0 atom stereocenters. The molecular formula is C68H75BrCuN4O. The third-order valence-corrected chi connectivity index (χ3v) is 15.2. The SMILES string of the molecule is CC(C)(C)c1cc(-c2c3nc(c(-c4cc(C(C)(C)C)cc(C(C)(C)C)c4)c4cc(O)c([n-]4)c(-c4cc(C(C)(C)C)cc(C(C)(C)C)c4)c4nc(c(-c5ccc(Br)cc5)c5ccc2[n-]5)C=C4)C=C3)cc(C(C)(C)C)c1.[Cu+2]. The average Bonchev–Trinajstić information content (AvgIpc) is 4.13. The quantitative estimate of drug-likeness (QED) is 0.178. The van der Waals surface area contributed by atoms with Crippen LogP contribution in [0.2, 0.25) is 0 Å². The van der Waals surface area contributed by atoms with E-state index in [9.17, 15) is 5.11 Å². The van der Waals surface area contributed by atoms with Crippen molar-refractivity contribution in [2.24, 2.45) is 0 Å². The smallest absolute Gasteiger partial charge is 0.657 e. The van der Waals surface area contributed by atoms with Crippen molar-refractivity contribution in [2.75, 3.05) is 0 Å². The Morgan fingerprint density at radius 2 is 0.640 bits per heavy atom. The zero-order chi connectivity index (χ0) is 53.8. The Hall–Kier alpha value is -5.72. The molecule has 391 valence electrons. The minimum atomic E-state index is -0.168. The summed E-state index contributed by atoms with van der Waals surface area (Å²) in [6, 6.07) is 35.4. The van der Waals surface area contributed by atoms with Gasteiger partial charge in [0.25, 0.3) is 0 Å². The molecular weight excluding hydrogens is 1030 g/mol. The molecule has 9 rings (SSSR count). The molecule has 5 nitrogen and oxygen atoms in total. The predicted octanol–water partition coefficient (Wildman–Crippen LogP) is 18.8. The molecule has 7 aromatic rings. The zero-order valence-corrected chi connectivity index (χ0v) is 50.0. The third-order valence-electron chi connectivity index (χ3n) is 14.7. The Labute approximate surface area is 466 Å². The van der Waals surface area contributed by atoms with Crippen LogP contribution in [0.25, 0.3) is 90.9 Å². The van der Waals surface area contributed by atoms with Crippen molar-refractivity contribution in [1.82, 2.24) is 19.9 Å². The van der Waals surface area contributed by atoms with Crippen LogP contribution >= 0.6 is 15.9 Å². The molecule has 8 bridgehead atoms. The number of halogens is 1. The summed E-state index contributed by atoms with van der Waals surface area (Å²) in [6.45, 7) is 40.8. The van der Waals surface area contributed by atoms with Crippen molar-refractivity contribution in [2.45, 2.75) is 157 Å². The summed E-state index contributed by atoms with van der Waals surface area (Å²) in [5, 5.41) is 12.7. The zero-order valence-electron chi connectivity index (χ0n) is 47.5. The average molecular weight is 1110 g/mol. The molecule has 4 aromatic carbocycles. The molecule has 5 heterocycles. The topological polar surface area (TPSA) is 74.2 Å². The first kappa shape index (κ1) is 55.5. The van der Waals surface area contributed by atoms with Gasteiger partial charge < -0.3 is 15.1 Å². The second-order valence-corrected chi connectivity index (χ2v) is 27.8. The number of aromatic hydroxyl groups is 1. The van der Waals surface area contributed by atoms with E-state index < -0.39 is 0 Å². The van der Waals surface area contributed by atoms with Crippen molar-refractivity contribution in [3.05, 3.63) is 158 Å². The van der Waals surface area contributed by atoms with Gasteiger partial charge in [-0.3, -0.25) is 0 Å². The van der Waals surface area contributed by atoms with Crippen LogP contribution in [0.1, 0.15) is 181 Å². The summed E-state index contributed by atoms with van der Waals surface area (Å²) in [5.74, 6) is 0.0784. The van der Waals surface area contributed by atoms with Crippen LogP contribution in [-0.4, -0.2) is 15.1 Å². The van der Waals surface area contributed by atoms with Crippen LogP contribution in [0.3, 0.4) is 0 Å². The van der Waals surface area contributed by atoms with E-state index in [0.29, 0.717) is 16.7 Å². The normalized spacial score (nSPS) is 13.4. The number of aromatic nitrogens is 4. The van der Waals surface area contributed by atoms with E-state index in [4.69, 9.17) is 19.9 Å². The second kappa shape index (κ2) is 19.4. The van der Waals surface area contributed by atoms with Gasteiger partial charge in [0.1, 0.15) is 0 Å². The van der Waals surface area contributed by atoms with Crippen LogP contribution in [0.5, 0.6) is 5.75 Å². The van der Waals surface area contributed by atoms with Gasteiger partial charge in [0, 0.05) is 4.47 Å². The summed E-state index contributed by atoms with van der Waals surface area (Å²) < 4.78 is 0.984. The number of hydrogen-bond acceptors (Lipinski definition) is 3. The predicted molar refractivity (Wildman–Crippen MR) is 320 cm³/mol. The summed E-state index contributed by atoms with van der Waals surface area (Å²) >= 11 is 3.70. The van der Waals surface area contributed by atoms with Gasteiger partial charge in [0.2, 0.25) is 0 Å². The molecule has 7 heteroatoms. The molecule has 0 amide bonds. The first-order chi connectivity index (χ1) is 34.2. The maximum atomic E-state index is 12.7. The van der Waals surface area contributed by atoms with Crippen molar-refractivity contribution in [3.8, 4) is 50.3 Å². The van der Waals surface area contributed by atoms with Crippen molar-refractivity contribution < 1.29 is 22.2 Å². The summed E-state index contributed by atoms with van der Waals surface area (Å²) in [5.41, 5.74) is 19.6. The minimum Gasteiger partial charge on any atom is -0.657 e. The molecule has 2 aliphatic rings. The van der Waals surface area contributed by atoms with Gasteiger partial charge >= 0.3 is 17.1 Å². The Morgan fingerprint density at radius 3 is 0.973 bits per heavy atom. The number of rotatable bonds is 4. The summed E-state index contributed by atoms with van der Waals surface area (Å²) in [7, 11) is 0. The summed E-state index contributed by atoms with van der Waals surface area (Å²) in [4.78, 5) is 22.5. The van der Waals surface area contributed by atoms with Crippen LogP contribution in [0.4, 0.5) is 0 Å². The fraction of sp³-hybridized carbons (Fsp3) is 0.353. The molecule has 1 N–H and O–H groups in total. The molecule has 75 heavy (non-hydrogen) atoms. The standard InChI is InChI=1S/C68H75BrN4O.Cu/c1-63(2,3)43-29-40(30-44(35-43)64(4,5)6)59-52-24-23-50(70-52)58(39-19-21-49(69)22-20-39)51-27-28-55(72-51)61(42-33-47(67(13,14)15)37-48(34-42)68(16,17)18)62-57(74)38-56(73-62)60(54-26-25-53(59)71-54)41-31-45(65(7,8)9)36-46(32-41)66(10,11)12;/h19-38H,1-18H3,(H-2,70,71,72,73,74);/q-2;+2. The molecule has 0 fully saturated rings. The van der Waals surface area contributed by atoms with E-state index in [0.717, 1.165) is 77.1 Å². The molecule has 0 unspecified atom stereocenters. The Morgan fingerprint density at radius 1 is 0.347 bits per heavy atom. The third kappa shape index (κ3) is 11.3. The second-order valence-electron chi connectivity index (χ2n) is 26.9. The molecule has 0 saturated heterocycles. The maximum absolute atomic E-state index is 12.7. The van der Waals surface area contributed by atoms with Gasteiger partial charge in [-0.2, -0.15) is 0 Å². The molecule has 1 radical (unpaired) electrons. The van der Waals surface area contributed by atoms with Gasteiger partial charge in [0.15, 0.2) is 0 Å². The van der Waals surface area contributed by atoms with Crippen molar-refractivity contribution in [3.63, 3.8) is 0 Å². The fourth-order valence-corrected chi connectivity index (χ4v) is 10.1. The van der Waals surface area contributed by atoms with E-state index in [-0.39, 0.29) is 55.3 Å². The maximum Gasteiger partial charge on any atom is 2.00 e. The first-order valence-electron chi connectivity index (χ1n) is 26.3. The van der Waals surface area contributed by atoms with E-state index in [1.165, 1.54) is 33.4 Å². The monoisotopic (exact) mass is 1110 g/mol. The Bertz CT molecular complexity index is 3520. The number of nitrogens with zero attached hydrogens (tertiary/aromatic N) is 4. The van der Waals surface area contributed by atoms with E-state index >= 15 is 0 Å². The van der Waals surface area contributed by atoms with Gasteiger partial charge in [-0.1, -0.05) is 225 Å². The van der Waals surface area contributed by atoms with Crippen LogP contribution < -0.4 is 9.97 Å². The Kier molecular flexibility index (Phi) is 14.3. The van der Waals surface area contributed by atoms with Gasteiger partial charge in [0.05, 0.1) is 28.5 Å². The largest absolute Gasteiger partial charge is 2.00 e. The molecule has 3 aromatic heterocycles. The molecule has 2 aliphatic heterocycles. The van der Waals surface area contributed by atoms with E-state index in [1.807, 2.05) is 6.07 Å². The van der Waals surface area contributed by atoms with Crippen molar-refractivity contribution >= 4 is 62.3 Å². The van der Waals surface area contributed by atoms with Gasteiger partial charge in [-0.05, 0) is 153 Å². The fourth-order valence-electron chi connectivity index (χ4n) is 9.86. The van der Waals surface area contributed by atoms with E-state index in [2.05, 4.69) is 256 Å². The number of benzene rings is 4. The van der Waals surface area contributed by atoms with E-state index in [1.54, 1.807) is 0 Å². The summed E-state index contributed by atoms with van der Waals surface area (Å²) in [6.07, 6.45) is 8.46. The minimum absolute atomic E-state index is 0. The van der Waals surface area contributed by atoms with Gasteiger partial charge in [-0.15, -0.1) is 16.6 Å². The molecule has 0 saturated carbocycles. The number of hydrogen-bond donors (Lipinski definition) is 1. The van der Waals surface area contributed by atoms with Crippen LogP contribution in [0, 0.1) is 0 Å². The van der Waals surface area contributed by atoms with Crippen molar-refractivity contribution in [1.29, 1.82) is 0 Å². The Balaban J connectivity index is 0.00000747. The molecule has 0 spiro atoms. The molecule has 0 aliphatic carbocycles. The number of fused-ring (bicyclic) bond motifs is 8.